The number of rotatable bonds is 3. The second kappa shape index (κ2) is 7.36. The third-order valence-electron chi connectivity index (χ3n) is 7.48. The van der Waals surface area contributed by atoms with E-state index < -0.39 is 0 Å². The van der Waals surface area contributed by atoms with Gasteiger partial charge in [-0.3, -0.25) is 19.3 Å². The highest BCUT2D eigenvalue weighted by Gasteiger charge is 2.59. The van der Waals surface area contributed by atoms with Gasteiger partial charge in [0.15, 0.2) is 0 Å². The molecule has 2 aliphatic carbocycles. The number of allylic oxidation sites excluding steroid dienone is 2. The number of nitriles is 1. The summed E-state index contributed by atoms with van der Waals surface area (Å²) in [7, 11) is 0. The number of carbonyl (C=O) groups is 3. The molecule has 4 atom stereocenters. The maximum absolute atomic E-state index is 13.0. The molecule has 2 aromatic rings. The van der Waals surface area contributed by atoms with E-state index in [0.29, 0.717) is 34.8 Å². The lowest BCUT2D eigenvalue weighted by molar-refractivity contribution is -0.123. The van der Waals surface area contributed by atoms with Crippen LogP contribution in [0.4, 0.5) is 10.7 Å². The van der Waals surface area contributed by atoms with Gasteiger partial charge in [-0.1, -0.05) is 12.2 Å². The Balaban J connectivity index is 1.21. The molecule has 0 radical (unpaired) electrons. The molecule has 4 aliphatic rings. The minimum absolute atomic E-state index is 0.142. The average Bonchev–Trinajstić information content (AvgIpc) is 3.55. The molecule has 2 aliphatic heterocycles. The molecule has 2 bridgehead atoms. The van der Waals surface area contributed by atoms with Gasteiger partial charge in [0, 0.05) is 16.9 Å². The molecule has 0 spiro atoms. The summed E-state index contributed by atoms with van der Waals surface area (Å²) in [5, 5.41) is 13.1. The monoisotopic (exact) mass is 473 g/mol. The Morgan fingerprint density at radius 1 is 1.15 bits per heavy atom. The van der Waals surface area contributed by atoms with Gasteiger partial charge >= 0.3 is 0 Å². The van der Waals surface area contributed by atoms with Crippen molar-refractivity contribution in [1.29, 1.82) is 5.26 Å². The molecule has 8 heteroatoms. The van der Waals surface area contributed by atoms with Gasteiger partial charge in [0.25, 0.3) is 5.91 Å². The number of nitrogens with zero attached hydrogens (tertiary/aromatic N) is 2. The van der Waals surface area contributed by atoms with E-state index in [9.17, 15) is 19.6 Å². The lowest BCUT2D eigenvalue weighted by Crippen LogP contribution is -2.32. The Labute approximate surface area is 201 Å². The first kappa shape index (κ1) is 21.3. The molecule has 1 aromatic heterocycles. The van der Waals surface area contributed by atoms with Crippen LogP contribution in [-0.4, -0.2) is 23.3 Å². The first-order valence-corrected chi connectivity index (χ1v) is 12.3. The van der Waals surface area contributed by atoms with Crippen LogP contribution in [0.3, 0.4) is 0 Å². The number of fused-ring (bicyclic) bond motifs is 6. The first-order valence-electron chi connectivity index (χ1n) is 11.4. The van der Waals surface area contributed by atoms with Crippen LogP contribution in [0.1, 0.15) is 46.6 Å². The summed E-state index contributed by atoms with van der Waals surface area (Å²) in [4.78, 5) is 41.2. The van der Waals surface area contributed by atoms with Gasteiger partial charge in [-0.25, -0.2) is 0 Å². The molecule has 3 amide bonds. The maximum Gasteiger partial charge on any atom is 0.256 e. The highest BCUT2D eigenvalue weighted by Crippen LogP contribution is 2.53. The van der Waals surface area contributed by atoms with Crippen molar-refractivity contribution in [2.75, 3.05) is 10.2 Å². The average molecular weight is 474 g/mol. The summed E-state index contributed by atoms with van der Waals surface area (Å²) >= 11 is 1.37. The number of carbonyl (C=O) groups excluding carboxylic acids is 3. The third kappa shape index (κ3) is 3.07. The van der Waals surface area contributed by atoms with E-state index in [2.05, 4.69) is 23.5 Å². The zero-order valence-corrected chi connectivity index (χ0v) is 19.6. The molecule has 1 saturated heterocycles. The number of imide groups is 1. The van der Waals surface area contributed by atoms with Crippen molar-refractivity contribution in [3.05, 3.63) is 58.0 Å². The van der Waals surface area contributed by atoms with Crippen LogP contribution >= 0.6 is 11.3 Å². The van der Waals surface area contributed by atoms with Crippen molar-refractivity contribution >= 4 is 39.7 Å². The van der Waals surface area contributed by atoms with Gasteiger partial charge in [-0.15, -0.1) is 11.3 Å². The van der Waals surface area contributed by atoms with Crippen molar-refractivity contribution in [2.45, 2.75) is 38.9 Å². The minimum Gasteiger partial charge on any atom is -0.370 e. The van der Waals surface area contributed by atoms with Crippen LogP contribution in [-0.2, 0) is 27.4 Å². The molecule has 6 rings (SSSR count). The molecule has 1 saturated carbocycles. The van der Waals surface area contributed by atoms with E-state index in [1.807, 2.05) is 13.8 Å². The van der Waals surface area contributed by atoms with Gasteiger partial charge < -0.3 is 10.1 Å². The van der Waals surface area contributed by atoms with Crippen molar-refractivity contribution in [3.8, 4) is 6.07 Å². The molecule has 4 unspecified atom stereocenters. The number of benzene rings is 1. The second-order valence-electron chi connectivity index (χ2n) is 10.1. The van der Waals surface area contributed by atoms with Gasteiger partial charge in [0.05, 0.1) is 35.3 Å². The smallest absolute Gasteiger partial charge is 0.256 e. The molecule has 172 valence electrons. The predicted molar refractivity (Wildman–Crippen MR) is 126 cm³/mol. The maximum atomic E-state index is 13.0. The highest BCUT2D eigenvalue weighted by atomic mass is 32.1. The Kier molecular flexibility index (Phi) is 4.60. The number of hydrogen-bond donors (Lipinski definition) is 1. The van der Waals surface area contributed by atoms with Crippen LogP contribution in [0.25, 0.3) is 0 Å². The topological polar surface area (TPSA) is 99.5 Å². The summed E-state index contributed by atoms with van der Waals surface area (Å²) in [6.07, 6.45) is 5.64. The van der Waals surface area contributed by atoms with E-state index in [4.69, 9.17) is 4.74 Å². The minimum atomic E-state index is -0.352. The summed E-state index contributed by atoms with van der Waals surface area (Å²) in [5.74, 6) is -0.830. The molecular formula is C26H23N3O4S. The van der Waals surface area contributed by atoms with Crippen molar-refractivity contribution < 1.29 is 19.1 Å². The fraction of sp³-hybridized carbons (Fsp3) is 0.385. The number of nitrogens with one attached hydrogen (secondary N) is 1. The normalized spacial score (nSPS) is 28.1. The molecule has 7 nitrogen and oxygen atoms in total. The lowest BCUT2D eigenvalue weighted by Gasteiger charge is -2.29. The second-order valence-corrected chi connectivity index (χ2v) is 11.2. The third-order valence-corrected chi connectivity index (χ3v) is 8.61. The molecular weight excluding hydrogens is 450 g/mol. The van der Waals surface area contributed by atoms with Gasteiger partial charge in [-0.2, -0.15) is 5.26 Å². The number of ether oxygens (including phenoxy) is 1. The van der Waals surface area contributed by atoms with Gasteiger partial charge in [0.1, 0.15) is 11.1 Å². The highest BCUT2D eigenvalue weighted by molar-refractivity contribution is 7.16. The van der Waals surface area contributed by atoms with E-state index >= 15 is 0 Å². The molecule has 34 heavy (non-hydrogen) atoms. The predicted octanol–water partition coefficient (Wildman–Crippen LogP) is 4.03. The summed E-state index contributed by atoms with van der Waals surface area (Å²) in [6.45, 7) is 4.39. The standard InChI is InChI=1S/C26H23N3O4S/c1-26(2)10-17-18(11-27)23(34-19(17)12-33-26)28-22(30)13-5-7-16(8-6-13)29-24(31)20-14-3-4-15(9-14)21(20)25(29)32/h3-8,14-15,20-21H,9-10,12H2,1-2H3,(H,28,30). The molecule has 1 N–H and O–H groups in total. The zero-order valence-electron chi connectivity index (χ0n) is 18.8. The van der Waals surface area contributed by atoms with E-state index in [-0.39, 0.29) is 47.0 Å². The Morgan fingerprint density at radius 3 is 2.41 bits per heavy atom. The summed E-state index contributed by atoms with van der Waals surface area (Å²) in [6, 6.07) is 8.74. The summed E-state index contributed by atoms with van der Waals surface area (Å²) < 4.78 is 5.84. The largest absolute Gasteiger partial charge is 0.370 e. The fourth-order valence-electron chi connectivity index (χ4n) is 5.85. The first-order chi connectivity index (χ1) is 16.3. The van der Waals surface area contributed by atoms with Crippen LogP contribution in [0.5, 0.6) is 0 Å². The molecule has 2 fully saturated rings. The van der Waals surface area contributed by atoms with Crippen LogP contribution in [0, 0.1) is 35.0 Å². The van der Waals surface area contributed by atoms with Crippen molar-refractivity contribution in [3.63, 3.8) is 0 Å². The summed E-state index contributed by atoms with van der Waals surface area (Å²) in [5.41, 5.74) is 1.95. The Hall–Kier alpha value is -3.28. The fourth-order valence-corrected chi connectivity index (χ4v) is 6.93. The number of amides is 3. The lowest BCUT2D eigenvalue weighted by atomic mass is 9.85. The zero-order chi connectivity index (χ0) is 23.8. The number of thiophene rings is 1. The molecule has 1 aromatic carbocycles. The van der Waals surface area contributed by atoms with Crippen LogP contribution in [0.15, 0.2) is 36.4 Å². The van der Waals surface area contributed by atoms with Crippen LogP contribution < -0.4 is 10.2 Å². The Bertz CT molecular complexity index is 1290. The van der Waals surface area contributed by atoms with Crippen molar-refractivity contribution in [2.24, 2.45) is 23.7 Å². The SMILES string of the molecule is CC1(C)Cc2c(sc(NC(=O)c3ccc(N4C(=O)C5C6C=CC(C6)C5C4=O)cc3)c2C#N)CO1. The number of anilines is 2. The van der Waals surface area contributed by atoms with Crippen LogP contribution in [0.2, 0.25) is 0 Å². The van der Waals surface area contributed by atoms with Gasteiger partial charge in [-0.05, 0) is 61.9 Å². The Morgan fingerprint density at radius 2 is 1.79 bits per heavy atom. The van der Waals surface area contributed by atoms with E-state index in [0.717, 1.165) is 16.9 Å². The quantitative estimate of drug-likeness (QED) is 0.536. The van der Waals surface area contributed by atoms with Gasteiger partial charge in [0.2, 0.25) is 11.8 Å². The van der Waals surface area contributed by atoms with E-state index in [1.54, 1.807) is 24.3 Å². The number of hydrogen-bond acceptors (Lipinski definition) is 6. The van der Waals surface area contributed by atoms with E-state index in [1.165, 1.54) is 16.2 Å². The molecule has 3 heterocycles. The van der Waals surface area contributed by atoms with Crippen molar-refractivity contribution in [1.82, 2.24) is 0 Å².